The van der Waals surface area contributed by atoms with E-state index in [2.05, 4.69) is 24.8 Å². The molecule has 0 spiro atoms. The van der Waals surface area contributed by atoms with Crippen LogP contribution in [-0.4, -0.2) is 5.25 Å². The third-order valence-electron chi connectivity index (χ3n) is 2.22. The molecule has 1 heterocycles. The van der Waals surface area contributed by atoms with Crippen LogP contribution in [0.5, 0.6) is 0 Å². The molecule has 0 saturated heterocycles. The van der Waals surface area contributed by atoms with Crippen LogP contribution in [0.15, 0.2) is 41.3 Å². The molecule has 2 unspecified atom stereocenters. The molecule has 1 aliphatic rings. The van der Waals surface area contributed by atoms with E-state index < -0.39 is 0 Å². The van der Waals surface area contributed by atoms with Crippen molar-refractivity contribution >= 4 is 23.4 Å². The molecular formula is C11H11ClS. The number of benzene rings is 1. The molecule has 0 fully saturated rings. The van der Waals surface area contributed by atoms with Crippen molar-refractivity contribution in [2.45, 2.75) is 22.4 Å². The highest BCUT2D eigenvalue weighted by atomic mass is 35.5. The highest BCUT2D eigenvalue weighted by Crippen LogP contribution is 2.49. The first kappa shape index (κ1) is 9.17. The Balaban J connectivity index is 2.38. The lowest BCUT2D eigenvalue weighted by molar-refractivity contribution is 0.941. The predicted octanol–water partition coefficient (Wildman–Crippen LogP) is 4.02. The van der Waals surface area contributed by atoms with Gasteiger partial charge in [-0.15, -0.1) is 23.4 Å². The van der Waals surface area contributed by atoms with Crippen LogP contribution in [-0.2, 0) is 0 Å². The number of thioether (sulfide) groups is 1. The SMILES string of the molecule is C=C(C)C1Sc2ccccc2C1Cl. The molecule has 0 radical (unpaired) electrons. The van der Waals surface area contributed by atoms with E-state index in [4.69, 9.17) is 11.6 Å². The summed E-state index contributed by atoms with van der Waals surface area (Å²) in [6.45, 7) is 6.01. The minimum atomic E-state index is 0.0960. The largest absolute Gasteiger partial charge is 0.116 e. The summed E-state index contributed by atoms with van der Waals surface area (Å²) in [5, 5.41) is 0.442. The van der Waals surface area contributed by atoms with Gasteiger partial charge in [0.15, 0.2) is 0 Å². The van der Waals surface area contributed by atoms with Gasteiger partial charge in [-0.25, -0.2) is 0 Å². The van der Waals surface area contributed by atoms with Crippen molar-refractivity contribution in [2.24, 2.45) is 0 Å². The second-order valence-corrected chi connectivity index (χ2v) is 4.98. The molecule has 2 atom stereocenters. The van der Waals surface area contributed by atoms with Gasteiger partial charge in [0.05, 0.1) is 10.6 Å². The average molecular weight is 211 g/mol. The van der Waals surface area contributed by atoms with Crippen LogP contribution in [0.1, 0.15) is 17.9 Å². The summed E-state index contributed by atoms with van der Waals surface area (Å²) >= 11 is 8.14. The summed E-state index contributed by atoms with van der Waals surface area (Å²) in [5.74, 6) is 0. The van der Waals surface area contributed by atoms with Gasteiger partial charge in [-0.3, -0.25) is 0 Å². The molecular weight excluding hydrogens is 200 g/mol. The van der Waals surface area contributed by atoms with Crippen molar-refractivity contribution in [1.82, 2.24) is 0 Å². The Hall–Kier alpha value is -0.400. The molecule has 0 amide bonds. The zero-order chi connectivity index (χ0) is 9.42. The third kappa shape index (κ3) is 1.51. The van der Waals surface area contributed by atoms with Gasteiger partial charge in [-0.2, -0.15) is 0 Å². The van der Waals surface area contributed by atoms with Gasteiger partial charge >= 0.3 is 0 Å². The molecule has 0 bridgehead atoms. The lowest BCUT2D eigenvalue weighted by Crippen LogP contribution is -2.04. The third-order valence-corrected chi connectivity index (χ3v) is 4.41. The highest BCUT2D eigenvalue weighted by molar-refractivity contribution is 8.00. The number of halogens is 1. The number of hydrogen-bond acceptors (Lipinski definition) is 1. The number of rotatable bonds is 1. The number of alkyl halides is 1. The molecule has 2 rings (SSSR count). The van der Waals surface area contributed by atoms with Crippen molar-refractivity contribution in [3.8, 4) is 0 Å². The Morgan fingerprint density at radius 1 is 1.46 bits per heavy atom. The van der Waals surface area contributed by atoms with Crippen LogP contribution in [0, 0.1) is 0 Å². The first-order chi connectivity index (χ1) is 6.20. The summed E-state index contributed by atoms with van der Waals surface area (Å²) in [7, 11) is 0. The van der Waals surface area contributed by atoms with Gasteiger partial charge in [0.1, 0.15) is 0 Å². The Morgan fingerprint density at radius 3 is 2.77 bits per heavy atom. The molecule has 0 saturated carbocycles. The van der Waals surface area contributed by atoms with Crippen molar-refractivity contribution in [3.63, 3.8) is 0 Å². The van der Waals surface area contributed by atoms with E-state index in [-0.39, 0.29) is 5.38 Å². The highest BCUT2D eigenvalue weighted by Gasteiger charge is 2.31. The average Bonchev–Trinajstić information content (AvgIpc) is 2.45. The van der Waals surface area contributed by atoms with Crippen LogP contribution in [0.3, 0.4) is 0 Å². The zero-order valence-electron chi connectivity index (χ0n) is 7.46. The standard InChI is InChI=1S/C11H11ClS/c1-7(2)11-10(12)8-5-3-4-6-9(8)13-11/h3-6,10-11H,1H2,2H3. The summed E-state index contributed by atoms with van der Waals surface area (Å²) in [6, 6.07) is 8.31. The van der Waals surface area contributed by atoms with E-state index in [1.807, 2.05) is 24.8 Å². The molecule has 68 valence electrons. The maximum absolute atomic E-state index is 6.32. The van der Waals surface area contributed by atoms with Gasteiger partial charge in [0, 0.05) is 4.90 Å². The second kappa shape index (κ2) is 3.39. The fraction of sp³-hybridized carbons (Fsp3) is 0.273. The van der Waals surface area contributed by atoms with Crippen molar-refractivity contribution in [3.05, 3.63) is 42.0 Å². The van der Waals surface area contributed by atoms with Crippen LogP contribution in [0.4, 0.5) is 0 Å². The van der Waals surface area contributed by atoms with Gasteiger partial charge < -0.3 is 0 Å². The molecule has 0 aliphatic carbocycles. The van der Waals surface area contributed by atoms with Gasteiger partial charge in [0.2, 0.25) is 0 Å². The predicted molar refractivity (Wildman–Crippen MR) is 59.5 cm³/mol. The van der Waals surface area contributed by atoms with Crippen LogP contribution in [0.2, 0.25) is 0 Å². The van der Waals surface area contributed by atoms with E-state index >= 15 is 0 Å². The summed E-state index contributed by atoms with van der Waals surface area (Å²) in [5.41, 5.74) is 2.41. The Kier molecular flexibility index (Phi) is 2.39. The summed E-state index contributed by atoms with van der Waals surface area (Å²) < 4.78 is 0. The summed E-state index contributed by atoms with van der Waals surface area (Å²) in [4.78, 5) is 1.30. The molecule has 1 aromatic rings. The van der Waals surface area contributed by atoms with E-state index in [0.29, 0.717) is 5.25 Å². The lowest BCUT2D eigenvalue weighted by Gasteiger charge is -2.12. The van der Waals surface area contributed by atoms with Gasteiger partial charge in [0.25, 0.3) is 0 Å². The minimum absolute atomic E-state index is 0.0960. The van der Waals surface area contributed by atoms with Crippen molar-refractivity contribution in [1.29, 1.82) is 0 Å². The quantitative estimate of drug-likeness (QED) is 0.499. The van der Waals surface area contributed by atoms with Crippen molar-refractivity contribution in [2.75, 3.05) is 0 Å². The molecule has 1 aromatic carbocycles. The Labute approximate surface area is 88.0 Å². The Morgan fingerprint density at radius 2 is 2.15 bits per heavy atom. The number of hydrogen-bond donors (Lipinski definition) is 0. The molecule has 0 aromatic heterocycles. The number of fused-ring (bicyclic) bond motifs is 1. The fourth-order valence-corrected chi connectivity index (χ4v) is 3.38. The maximum Gasteiger partial charge on any atom is 0.0755 e. The van der Waals surface area contributed by atoms with Crippen LogP contribution < -0.4 is 0 Å². The molecule has 1 aliphatic heterocycles. The first-order valence-electron chi connectivity index (χ1n) is 4.25. The first-order valence-corrected chi connectivity index (χ1v) is 5.57. The maximum atomic E-state index is 6.32. The van der Waals surface area contributed by atoms with E-state index in [1.165, 1.54) is 10.5 Å². The van der Waals surface area contributed by atoms with Crippen LogP contribution >= 0.6 is 23.4 Å². The summed E-state index contributed by atoms with van der Waals surface area (Å²) in [6.07, 6.45) is 0. The van der Waals surface area contributed by atoms with Crippen LogP contribution in [0.25, 0.3) is 0 Å². The van der Waals surface area contributed by atoms with Gasteiger partial charge in [-0.05, 0) is 18.6 Å². The smallest absolute Gasteiger partial charge is 0.0755 e. The van der Waals surface area contributed by atoms with E-state index in [0.717, 1.165) is 5.57 Å². The molecule has 0 nitrogen and oxygen atoms in total. The second-order valence-electron chi connectivity index (χ2n) is 3.32. The Bertz CT molecular complexity index is 346. The molecule has 2 heteroatoms. The van der Waals surface area contributed by atoms with Gasteiger partial charge in [-0.1, -0.05) is 30.4 Å². The van der Waals surface area contributed by atoms with E-state index in [9.17, 15) is 0 Å². The minimum Gasteiger partial charge on any atom is -0.116 e. The topological polar surface area (TPSA) is 0 Å². The molecule has 0 N–H and O–H groups in total. The normalized spacial score (nSPS) is 25.7. The monoisotopic (exact) mass is 210 g/mol. The van der Waals surface area contributed by atoms with E-state index in [1.54, 1.807) is 0 Å². The van der Waals surface area contributed by atoms with Crippen molar-refractivity contribution < 1.29 is 0 Å². The zero-order valence-corrected chi connectivity index (χ0v) is 9.03. The molecule has 13 heavy (non-hydrogen) atoms. The fourth-order valence-electron chi connectivity index (χ4n) is 1.53. The lowest BCUT2D eigenvalue weighted by atomic mass is 10.1.